The number of nitrogens with zero attached hydrogens (tertiary/aromatic N) is 1. The van der Waals surface area contributed by atoms with E-state index in [0.29, 0.717) is 0 Å². The van der Waals surface area contributed by atoms with E-state index >= 15 is 0 Å². The first-order chi connectivity index (χ1) is 8.84. The zero-order chi connectivity index (χ0) is 12.6. The monoisotopic (exact) mass is 256 g/mol. The van der Waals surface area contributed by atoms with Crippen molar-refractivity contribution >= 4 is 0 Å². The van der Waals surface area contributed by atoms with Gasteiger partial charge in [-0.05, 0) is 25.3 Å². The summed E-state index contributed by atoms with van der Waals surface area (Å²) in [5.74, 6) is 0.842. The minimum absolute atomic E-state index is 0.244. The number of hydrogen-bond acceptors (Lipinski definition) is 4. The van der Waals surface area contributed by atoms with E-state index in [0.717, 1.165) is 51.9 Å². The number of rotatable bonds is 6. The van der Waals surface area contributed by atoms with Gasteiger partial charge in [0.15, 0.2) is 0 Å². The van der Waals surface area contributed by atoms with Crippen molar-refractivity contribution in [3.05, 3.63) is 0 Å². The van der Waals surface area contributed by atoms with Crippen LogP contribution < -0.4 is 5.32 Å². The summed E-state index contributed by atoms with van der Waals surface area (Å²) < 4.78 is 5.30. The average molecular weight is 256 g/mol. The van der Waals surface area contributed by atoms with Gasteiger partial charge < -0.3 is 15.2 Å². The van der Waals surface area contributed by atoms with Crippen molar-refractivity contribution in [1.29, 1.82) is 0 Å². The highest BCUT2D eigenvalue weighted by Crippen LogP contribution is 2.22. The molecule has 2 fully saturated rings. The molecule has 1 saturated heterocycles. The van der Waals surface area contributed by atoms with Crippen LogP contribution in [-0.2, 0) is 4.74 Å². The van der Waals surface area contributed by atoms with E-state index in [1.165, 1.54) is 32.1 Å². The number of morpholine rings is 1. The fourth-order valence-corrected chi connectivity index (χ4v) is 2.99. The Labute approximate surface area is 111 Å². The van der Waals surface area contributed by atoms with Gasteiger partial charge in [-0.25, -0.2) is 0 Å². The van der Waals surface area contributed by atoms with Crippen molar-refractivity contribution in [3.63, 3.8) is 0 Å². The lowest BCUT2D eigenvalue weighted by molar-refractivity contribution is 0.0147. The van der Waals surface area contributed by atoms with Gasteiger partial charge in [-0.3, -0.25) is 4.90 Å². The second-order valence-electron chi connectivity index (χ2n) is 5.73. The molecule has 1 aliphatic carbocycles. The topological polar surface area (TPSA) is 44.7 Å². The summed E-state index contributed by atoms with van der Waals surface area (Å²) in [4.78, 5) is 2.29. The molecule has 0 spiro atoms. The zero-order valence-electron chi connectivity index (χ0n) is 11.4. The molecule has 1 unspecified atom stereocenters. The number of nitrogens with one attached hydrogen (secondary N) is 1. The van der Waals surface area contributed by atoms with Crippen LogP contribution in [0.3, 0.4) is 0 Å². The molecule has 2 rings (SSSR count). The lowest BCUT2D eigenvalue weighted by atomic mass is 9.89. The van der Waals surface area contributed by atoms with Gasteiger partial charge in [-0.15, -0.1) is 0 Å². The molecule has 106 valence electrons. The third-order valence-electron chi connectivity index (χ3n) is 4.11. The van der Waals surface area contributed by atoms with Crippen molar-refractivity contribution in [2.24, 2.45) is 5.92 Å². The highest BCUT2D eigenvalue weighted by molar-refractivity contribution is 4.72. The van der Waals surface area contributed by atoms with E-state index in [9.17, 15) is 5.11 Å². The number of aliphatic hydroxyl groups is 1. The average Bonchev–Trinajstić information content (AvgIpc) is 2.41. The molecule has 1 aliphatic heterocycles. The van der Waals surface area contributed by atoms with Crippen LogP contribution in [0, 0.1) is 5.92 Å². The zero-order valence-corrected chi connectivity index (χ0v) is 11.4. The van der Waals surface area contributed by atoms with Crippen LogP contribution in [0.2, 0.25) is 0 Å². The molecular formula is C14H28N2O2. The van der Waals surface area contributed by atoms with E-state index in [-0.39, 0.29) is 6.10 Å². The molecule has 4 heteroatoms. The molecule has 0 amide bonds. The van der Waals surface area contributed by atoms with Gasteiger partial charge in [0.25, 0.3) is 0 Å². The van der Waals surface area contributed by atoms with Crippen molar-refractivity contribution in [2.45, 2.75) is 38.2 Å². The smallest absolute Gasteiger partial charge is 0.0791 e. The highest BCUT2D eigenvalue weighted by atomic mass is 16.5. The fourth-order valence-electron chi connectivity index (χ4n) is 2.99. The summed E-state index contributed by atoms with van der Waals surface area (Å²) in [5, 5.41) is 13.4. The van der Waals surface area contributed by atoms with Crippen LogP contribution in [0.15, 0.2) is 0 Å². The maximum absolute atomic E-state index is 9.99. The molecule has 0 radical (unpaired) electrons. The molecule has 18 heavy (non-hydrogen) atoms. The number of hydrogen-bond donors (Lipinski definition) is 2. The molecular weight excluding hydrogens is 228 g/mol. The Morgan fingerprint density at radius 3 is 2.61 bits per heavy atom. The Hall–Kier alpha value is -0.160. The first kappa shape index (κ1) is 14.3. The predicted octanol–water partition coefficient (Wildman–Crippen LogP) is 0.849. The molecule has 2 aliphatic rings. The van der Waals surface area contributed by atoms with Gasteiger partial charge in [-0.1, -0.05) is 19.3 Å². The lowest BCUT2D eigenvalue weighted by Crippen LogP contribution is -2.44. The third-order valence-corrected chi connectivity index (χ3v) is 4.11. The van der Waals surface area contributed by atoms with E-state index in [4.69, 9.17) is 4.74 Å². The summed E-state index contributed by atoms with van der Waals surface area (Å²) >= 11 is 0. The van der Waals surface area contributed by atoms with E-state index < -0.39 is 0 Å². The van der Waals surface area contributed by atoms with Gasteiger partial charge >= 0.3 is 0 Å². The molecule has 1 saturated carbocycles. The third kappa shape index (κ3) is 5.22. The van der Waals surface area contributed by atoms with Crippen LogP contribution >= 0.6 is 0 Å². The van der Waals surface area contributed by atoms with Gasteiger partial charge in [0.1, 0.15) is 0 Å². The summed E-state index contributed by atoms with van der Waals surface area (Å²) in [6.07, 6.45) is 6.69. The van der Waals surface area contributed by atoms with Crippen LogP contribution in [-0.4, -0.2) is 62.0 Å². The van der Waals surface area contributed by atoms with E-state index in [2.05, 4.69) is 10.2 Å². The predicted molar refractivity (Wildman–Crippen MR) is 72.7 cm³/mol. The molecule has 0 aromatic carbocycles. The van der Waals surface area contributed by atoms with Crippen molar-refractivity contribution in [1.82, 2.24) is 10.2 Å². The fraction of sp³-hybridized carbons (Fsp3) is 1.00. The van der Waals surface area contributed by atoms with Gasteiger partial charge in [0, 0.05) is 26.2 Å². The maximum Gasteiger partial charge on any atom is 0.0791 e. The van der Waals surface area contributed by atoms with Crippen molar-refractivity contribution in [3.8, 4) is 0 Å². The Balaban J connectivity index is 1.52. The molecule has 0 aromatic rings. The number of ether oxygens (including phenoxy) is 1. The van der Waals surface area contributed by atoms with E-state index in [1.807, 2.05) is 0 Å². The van der Waals surface area contributed by atoms with Crippen LogP contribution in [0.1, 0.15) is 32.1 Å². The number of aliphatic hydroxyl groups excluding tert-OH is 1. The van der Waals surface area contributed by atoms with Gasteiger partial charge in [0.05, 0.1) is 19.3 Å². The second kappa shape index (κ2) is 8.10. The normalized spacial score (nSPS) is 25.2. The first-order valence-electron chi connectivity index (χ1n) is 7.53. The van der Waals surface area contributed by atoms with Crippen LogP contribution in [0.5, 0.6) is 0 Å². The molecule has 0 aromatic heterocycles. The standard InChI is InChI=1S/C14H28N2O2/c17-14(12-16-6-8-18-9-7-16)11-15-10-13-4-2-1-3-5-13/h13-15,17H,1-12H2. The SMILES string of the molecule is OC(CNCC1CCCCC1)CN1CCOCC1. The summed E-state index contributed by atoms with van der Waals surface area (Å²) in [6.45, 7) is 6.12. The van der Waals surface area contributed by atoms with Crippen molar-refractivity contribution in [2.75, 3.05) is 45.9 Å². The molecule has 1 heterocycles. The maximum atomic E-state index is 9.99. The quantitative estimate of drug-likeness (QED) is 0.739. The molecule has 1 atom stereocenters. The summed E-state index contributed by atoms with van der Waals surface area (Å²) in [7, 11) is 0. The van der Waals surface area contributed by atoms with Crippen molar-refractivity contribution < 1.29 is 9.84 Å². The highest BCUT2D eigenvalue weighted by Gasteiger charge is 2.16. The Morgan fingerprint density at radius 1 is 1.17 bits per heavy atom. The Morgan fingerprint density at radius 2 is 1.89 bits per heavy atom. The summed E-state index contributed by atoms with van der Waals surface area (Å²) in [5.41, 5.74) is 0. The molecule has 2 N–H and O–H groups in total. The second-order valence-corrected chi connectivity index (χ2v) is 5.73. The first-order valence-corrected chi connectivity index (χ1v) is 7.53. The minimum atomic E-state index is -0.244. The minimum Gasteiger partial charge on any atom is -0.390 e. The van der Waals surface area contributed by atoms with Crippen LogP contribution in [0.25, 0.3) is 0 Å². The largest absolute Gasteiger partial charge is 0.390 e. The van der Waals surface area contributed by atoms with E-state index in [1.54, 1.807) is 0 Å². The Kier molecular flexibility index (Phi) is 6.41. The molecule has 0 bridgehead atoms. The van der Waals surface area contributed by atoms with Crippen LogP contribution in [0.4, 0.5) is 0 Å². The molecule has 4 nitrogen and oxygen atoms in total. The van der Waals surface area contributed by atoms with Gasteiger partial charge in [0.2, 0.25) is 0 Å². The summed E-state index contributed by atoms with van der Waals surface area (Å²) in [6, 6.07) is 0. The lowest BCUT2D eigenvalue weighted by Gasteiger charge is -2.29. The Bertz CT molecular complexity index is 214. The van der Waals surface area contributed by atoms with Gasteiger partial charge in [-0.2, -0.15) is 0 Å². The number of β-amino-alcohol motifs (C(OH)–C–C–N with tert-alkyl or cyclic N) is 1.